The van der Waals surface area contributed by atoms with Crippen molar-refractivity contribution in [2.45, 2.75) is 25.3 Å². The van der Waals surface area contributed by atoms with Gasteiger partial charge in [-0.2, -0.15) is 4.31 Å². The van der Waals surface area contributed by atoms with E-state index in [9.17, 15) is 16.8 Å². The minimum absolute atomic E-state index is 0. The summed E-state index contributed by atoms with van der Waals surface area (Å²) in [7, 11) is -5.80. The second-order valence-corrected chi connectivity index (χ2v) is 12.8. The first-order valence-corrected chi connectivity index (χ1v) is 14.7. The third-order valence-corrected chi connectivity index (χ3v) is 8.70. The van der Waals surface area contributed by atoms with Gasteiger partial charge in [-0.05, 0) is 68.0 Å². The quantitative estimate of drug-likeness (QED) is 0.384. The number of hydrogen-bond acceptors (Lipinski definition) is 6. The van der Waals surface area contributed by atoms with Crippen LogP contribution in [0.3, 0.4) is 0 Å². The molecule has 4 rings (SSSR count). The molecule has 14 heteroatoms. The zero-order valence-corrected chi connectivity index (χ0v) is 25.1. The van der Waals surface area contributed by atoms with E-state index in [0.717, 1.165) is 32.9 Å². The summed E-state index contributed by atoms with van der Waals surface area (Å²) in [5.41, 5.74) is 1.95. The maximum Gasteiger partial charge on any atom is 1.00 e. The Hall–Kier alpha value is 0.370. The van der Waals surface area contributed by atoms with E-state index in [4.69, 9.17) is 11.6 Å². The van der Waals surface area contributed by atoms with Crippen LogP contribution in [0.2, 0.25) is 0 Å². The van der Waals surface area contributed by atoms with Crippen LogP contribution in [0.4, 0.5) is 0 Å². The van der Waals surface area contributed by atoms with Crippen molar-refractivity contribution in [1.82, 2.24) is 19.0 Å². The molecule has 4 heterocycles. The maximum absolute atomic E-state index is 11.5. The summed E-state index contributed by atoms with van der Waals surface area (Å²) in [6, 6.07) is 3.83. The molecule has 174 valence electrons. The summed E-state index contributed by atoms with van der Waals surface area (Å²) in [6.07, 6.45) is 8.35. The van der Waals surface area contributed by atoms with Gasteiger partial charge in [-0.3, -0.25) is 9.97 Å². The minimum atomic E-state index is -3.01. The van der Waals surface area contributed by atoms with Gasteiger partial charge >= 0.3 is 29.6 Å². The minimum Gasteiger partial charge on any atom is -1.00 e. The monoisotopic (exact) mass is 640 g/mol. The van der Waals surface area contributed by atoms with E-state index in [1.807, 2.05) is 12.1 Å². The van der Waals surface area contributed by atoms with E-state index in [1.165, 1.54) is 4.31 Å². The molecule has 8 nitrogen and oxygen atoms in total. The van der Waals surface area contributed by atoms with E-state index < -0.39 is 20.0 Å². The zero-order valence-electron chi connectivity index (χ0n) is 18.5. The van der Waals surface area contributed by atoms with E-state index in [1.54, 1.807) is 24.8 Å². The molecule has 0 radical (unpaired) electrons. The van der Waals surface area contributed by atoms with Gasteiger partial charge in [0.1, 0.15) is 0 Å². The number of rotatable bonds is 3. The molecule has 0 spiro atoms. The standard InChI is InChI=1S/C9H11BrN2O2S.C6H5BrClN.C3H7NO2S.Na.H/c10-9-4-8(5-11-6-9)7-12-2-1-3-15(12,13)14;7-6-1-5(2-8)3-9-4-6;5-7(6)3-1-2-4-7;;/h4-6H,1-3,7H2;1,3-4H,2H2;4H,1-3H2;;/q;;;+1;-1. The predicted octanol–water partition coefficient (Wildman–Crippen LogP) is 0.389. The van der Waals surface area contributed by atoms with Crippen molar-refractivity contribution in [2.75, 3.05) is 24.6 Å². The number of nitrogens with zero attached hydrogens (tertiary/aromatic N) is 3. The Balaban J connectivity index is 0.000000491. The molecule has 2 aliphatic heterocycles. The van der Waals surface area contributed by atoms with Gasteiger partial charge < -0.3 is 1.43 Å². The van der Waals surface area contributed by atoms with Crippen molar-refractivity contribution in [3.05, 3.63) is 57.0 Å². The number of aromatic nitrogens is 2. The Bertz CT molecular complexity index is 1070. The molecule has 0 amide bonds. The summed E-state index contributed by atoms with van der Waals surface area (Å²) in [5, 5.41) is 0. The van der Waals surface area contributed by atoms with Gasteiger partial charge in [0.25, 0.3) is 0 Å². The van der Waals surface area contributed by atoms with E-state index in [0.29, 0.717) is 31.3 Å². The van der Waals surface area contributed by atoms with Crippen LogP contribution in [0.5, 0.6) is 0 Å². The molecule has 0 aromatic carbocycles. The Morgan fingerprint density at radius 3 is 1.94 bits per heavy atom. The Morgan fingerprint density at radius 1 is 0.969 bits per heavy atom. The molecule has 0 unspecified atom stereocenters. The van der Waals surface area contributed by atoms with Crippen molar-refractivity contribution in [3.63, 3.8) is 0 Å². The topological polar surface area (TPSA) is 109 Å². The first-order chi connectivity index (χ1) is 14.6. The molecular weight excluding hydrogens is 619 g/mol. The Kier molecular flexibility index (Phi) is 14.0. The number of sulfonamides is 2. The Morgan fingerprint density at radius 2 is 1.56 bits per heavy atom. The second kappa shape index (κ2) is 14.7. The van der Waals surface area contributed by atoms with Crippen molar-refractivity contribution in [2.24, 2.45) is 0 Å². The summed E-state index contributed by atoms with van der Waals surface area (Å²) < 4.78 is 49.5. The van der Waals surface area contributed by atoms with E-state index >= 15 is 0 Å². The van der Waals surface area contributed by atoms with Gasteiger partial charge in [0.05, 0.1) is 11.5 Å². The van der Waals surface area contributed by atoms with Crippen LogP contribution in [0.1, 0.15) is 25.4 Å². The van der Waals surface area contributed by atoms with E-state index in [-0.39, 0.29) is 36.7 Å². The van der Waals surface area contributed by atoms with Crippen LogP contribution in [0.25, 0.3) is 0 Å². The van der Waals surface area contributed by atoms with Crippen LogP contribution in [-0.2, 0) is 32.5 Å². The first kappa shape index (κ1) is 30.4. The van der Waals surface area contributed by atoms with Crippen LogP contribution < -0.4 is 34.3 Å². The summed E-state index contributed by atoms with van der Waals surface area (Å²) >= 11 is 12.1. The molecule has 0 bridgehead atoms. The van der Waals surface area contributed by atoms with Gasteiger partial charge in [-0.25, -0.2) is 21.6 Å². The average Bonchev–Trinajstić information content (AvgIpc) is 3.26. The smallest absolute Gasteiger partial charge is 1.00 e. The first-order valence-electron chi connectivity index (χ1n) is 9.31. The van der Waals surface area contributed by atoms with Crippen molar-refractivity contribution < 1.29 is 47.8 Å². The van der Waals surface area contributed by atoms with Gasteiger partial charge in [0, 0.05) is 59.2 Å². The van der Waals surface area contributed by atoms with Crippen LogP contribution in [0.15, 0.2) is 45.9 Å². The molecule has 2 saturated heterocycles. The SMILES string of the molecule is ClCc1cncc(Br)c1.O=S1(=O)CCCN1.O=S1(=O)CCCN1Cc1cncc(Br)c1.[H-].[Na+]. The van der Waals surface area contributed by atoms with Gasteiger partial charge in [0.2, 0.25) is 20.0 Å². The Labute approximate surface area is 235 Å². The summed E-state index contributed by atoms with van der Waals surface area (Å²) in [4.78, 5) is 7.93. The van der Waals surface area contributed by atoms with Crippen LogP contribution in [0, 0.1) is 0 Å². The molecule has 0 atom stereocenters. The molecular formula is C18H24Br2ClN4NaO4S2. The number of nitrogens with one attached hydrogen (secondary N) is 1. The fourth-order valence-corrected chi connectivity index (χ4v) is 6.31. The van der Waals surface area contributed by atoms with Crippen LogP contribution >= 0.6 is 43.5 Å². The average molecular weight is 643 g/mol. The second-order valence-electron chi connectivity index (χ2n) is 6.73. The number of alkyl halides is 1. The van der Waals surface area contributed by atoms with Gasteiger partial charge in [-0.15, -0.1) is 11.6 Å². The molecule has 2 aliphatic rings. The fourth-order valence-electron chi connectivity index (χ4n) is 2.71. The molecule has 2 fully saturated rings. The third-order valence-electron chi connectivity index (χ3n) is 4.15. The summed E-state index contributed by atoms with van der Waals surface area (Å²) in [6.45, 7) is 1.67. The fraction of sp³-hybridized carbons (Fsp3) is 0.444. The molecule has 0 aliphatic carbocycles. The van der Waals surface area contributed by atoms with Gasteiger partial charge in [0.15, 0.2) is 0 Å². The molecule has 1 N–H and O–H groups in total. The normalized spacial score (nSPS) is 18.5. The maximum atomic E-state index is 11.5. The zero-order chi connectivity index (χ0) is 22.9. The van der Waals surface area contributed by atoms with Crippen molar-refractivity contribution in [3.8, 4) is 0 Å². The predicted molar refractivity (Wildman–Crippen MR) is 130 cm³/mol. The summed E-state index contributed by atoms with van der Waals surface area (Å²) in [5.74, 6) is 1.11. The molecule has 2 aromatic rings. The van der Waals surface area contributed by atoms with E-state index in [2.05, 4.69) is 46.5 Å². The molecule has 32 heavy (non-hydrogen) atoms. The number of halogens is 3. The molecule has 2 aromatic heterocycles. The van der Waals surface area contributed by atoms with Crippen molar-refractivity contribution >= 4 is 63.5 Å². The van der Waals surface area contributed by atoms with Gasteiger partial charge in [-0.1, -0.05) is 0 Å². The molecule has 0 saturated carbocycles. The third kappa shape index (κ3) is 11.2. The largest absolute Gasteiger partial charge is 1.00 e. The number of pyridine rings is 2. The van der Waals surface area contributed by atoms with Crippen LogP contribution in [-0.4, -0.2) is 55.7 Å². The number of hydrogen-bond donors (Lipinski definition) is 1. The van der Waals surface area contributed by atoms with Crippen molar-refractivity contribution in [1.29, 1.82) is 0 Å².